The Balaban J connectivity index is 1.99. The van der Waals surface area contributed by atoms with E-state index in [0.717, 1.165) is 17.7 Å². The van der Waals surface area contributed by atoms with E-state index in [9.17, 15) is 4.79 Å². The number of methoxy groups -OCH3 is 1. The number of hydrogen-bond acceptors (Lipinski definition) is 2. The van der Waals surface area contributed by atoms with Crippen molar-refractivity contribution in [1.82, 2.24) is 9.88 Å². The van der Waals surface area contributed by atoms with Crippen LogP contribution < -0.4 is 5.32 Å². The van der Waals surface area contributed by atoms with E-state index in [-0.39, 0.29) is 11.8 Å². The Morgan fingerprint density at radius 1 is 1.19 bits per heavy atom. The predicted octanol–water partition coefficient (Wildman–Crippen LogP) is 4.60. The van der Waals surface area contributed by atoms with Crippen LogP contribution in [0.1, 0.15) is 30.4 Å². The zero-order valence-electron chi connectivity index (χ0n) is 15.7. The molecule has 1 heterocycles. The third kappa shape index (κ3) is 4.52. The summed E-state index contributed by atoms with van der Waals surface area (Å²) < 4.78 is 7.26. The molecule has 0 aliphatic carbocycles. The van der Waals surface area contributed by atoms with Gasteiger partial charge in [0.25, 0.3) is 0 Å². The van der Waals surface area contributed by atoms with Crippen LogP contribution in [0.15, 0.2) is 54.7 Å². The highest BCUT2D eigenvalue weighted by Gasteiger charge is 2.22. The van der Waals surface area contributed by atoms with Crippen LogP contribution in [0, 0.1) is 0 Å². The second-order valence-corrected chi connectivity index (χ2v) is 6.98. The van der Waals surface area contributed by atoms with Gasteiger partial charge in [-0.2, -0.15) is 0 Å². The summed E-state index contributed by atoms with van der Waals surface area (Å²) in [6.07, 6.45) is 2.55. The molecule has 0 spiro atoms. The first-order valence-corrected chi connectivity index (χ1v) is 9.60. The normalized spacial score (nSPS) is 12.3. The second-order valence-electron chi connectivity index (χ2n) is 6.54. The van der Waals surface area contributed by atoms with E-state index < -0.39 is 0 Å². The Hall–Kier alpha value is -2.30. The minimum Gasteiger partial charge on any atom is -0.383 e. The zero-order chi connectivity index (χ0) is 19.2. The van der Waals surface area contributed by atoms with E-state index in [1.807, 2.05) is 36.4 Å². The molecular formula is C22H25ClN2O2. The van der Waals surface area contributed by atoms with Crippen molar-refractivity contribution in [1.29, 1.82) is 0 Å². The molecule has 0 bridgehead atoms. The van der Waals surface area contributed by atoms with Gasteiger partial charge in [-0.15, -0.1) is 0 Å². The number of amides is 1. The maximum atomic E-state index is 12.6. The minimum atomic E-state index is -0.0393. The molecule has 1 unspecified atom stereocenters. The number of nitrogens with one attached hydrogen (secondary N) is 1. The van der Waals surface area contributed by atoms with E-state index in [4.69, 9.17) is 16.3 Å². The molecule has 0 saturated heterocycles. The number of benzene rings is 2. The van der Waals surface area contributed by atoms with Crippen LogP contribution >= 0.6 is 11.6 Å². The Labute approximate surface area is 165 Å². The molecule has 5 heteroatoms. The van der Waals surface area contributed by atoms with Crippen molar-refractivity contribution in [3.63, 3.8) is 0 Å². The maximum Gasteiger partial charge on any atom is 0.221 e. The van der Waals surface area contributed by atoms with Crippen LogP contribution in [0.4, 0.5) is 0 Å². The Kier molecular flexibility index (Phi) is 6.54. The molecule has 1 atom stereocenters. The highest BCUT2D eigenvalue weighted by molar-refractivity contribution is 6.30. The summed E-state index contributed by atoms with van der Waals surface area (Å²) in [7, 11) is 1.63. The van der Waals surface area contributed by atoms with Gasteiger partial charge in [-0.25, -0.2) is 0 Å². The van der Waals surface area contributed by atoms with Gasteiger partial charge in [0.2, 0.25) is 5.91 Å². The smallest absolute Gasteiger partial charge is 0.221 e. The lowest BCUT2D eigenvalue weighted by molar-refractivity contribution is -0.121. The fourth-order valence-corrected chi connectivity index (χ4v) is 3.59. The van der Waals surface area contributed by atoms with E-state index in [1.165, 1.54) is 10.9 Å². The van der Waals surface area contributed by atoms with Crippen molar-refractivity contribution in [2.45, 2.75) is 25.8 Å². The van der Waals surface area contributed by atoms with Crippen molar-refractivity contribution >= 4 is 28.4 Å². The summed E-state index contributed by atoms with van der Waals surface area (Å²) in [5.41, 5.74) is 3.44. The van der Waals surface area contributed by atoms with Crippen molar-refractivity contribution in [3.8, 4) is 0 Å². The maximum absolute atomic E-state index is 12.6. The molecule has 3 rings (SSSR count). The topological polar surface area (TPSA) is 43.3 Å². The Morgan fingerprint density at radius 2 is 1.93 bits per heavy atom. The quantitative estimate of drug-likeness (QED) is 0.577. The standard InChI is InChI=1S/C22H25ClN2O2/c1-3-25-15-20(18-6-4-5-7-21(18)25)19(14-22(26)24-12-13-27-2)16-8-10-17(23)11-9-16/h4-11,15,19H,3,12-14H2,1-2H3,(H,24,26). The summed E-state index contributed by atoms with van der Waals surface area (Å²) in [6, 6.07) is 16.1. The average molecular weight is 385 g/mol. The zero-order valence-corrected chi connectivity index (χ0v) is 16.5. The van der Waals surface area contributed by atoms with Gasteiger partial charge in [-0.3, -0.25) is 4.79 Å². The third-order valence-electron chi connectivity index (χ3n) is 4.83. The number of rotatable bonds is 8. The summed E-state index contributed by atoms with van der Waals surface area (Å²) in [4.78, 5) is 12.6. The van der Waals surface area contributed by atoms with Gasteiger partial charge in [0.05, 0.1) is 6.61 Å². The lowest BCUT2D eigenvalue weighted by atomic mass is 9.88. The molecule has 0 aliphatic rings. The van der Waals surface area contributed by atoms with Crippen LogP contribution in [0.25, 0.3) is 10.9 Å². The van der Waals surface area contributed by atoms with E-state index in [2.05, 4.69) is 35.1 Å². The van der Waals surface area contributed by atoms with Gasteiger partial charge >= 0.3 is 0 Å². The first-order chi connectivity index (χ1) is 13.1. The number of aryl methyl sites for hydroxylation is 1. The highest BCUT2D eigenvalue weighted by atomic mass is 35.5. The molecule has 0 saturated carbocycles. The van der Waals surface area contributed by atoms with Gasteiger partial charge in [-0.05, 0) is 36.2 Å². The van der Waals surface area contributed by atoms with Gasteiger partial charge in [-0.1, -0.05) is 41.9 Å². The number of carbonyl (C=O) groups is 1. The molecule has 1 amide bonds. The van der Waals surface area contributed by atoms with Gasteiger partial charge in [0, 0.05) is 54.7 Å². The van der Waals surface area contributed by atoms with Gasteiger partial charge < -0.3 is 14.6 Å². The first-order valence-electron chi connectivity index (χ1n) is 9.23. The molecular weight excluding hydrogens is 360 g/mol. The Morgan fingerprint density at radius 3 is 2.63 bits per heavy atom. The highest BCUT2D eigenvalue weighted by Crippen LogP contribution is 2.35. The van der Waals surface area contributed by atoms with Gasteiger partial charge in [0.15, 0.2) is 0 Å². The summed E-state index contributed by atoms with van der Waals surface area (Å²) in [6.45, 7) is 4.03. The summed E-state index contributed by atoms with van der Waals surface area (Å²) in [5, 5.41) is 4.81. The molecule has 27 heavy (non-hydrogen) atoms. The molecule has 0 aliphatic heterocycles. The monoisotopic (exact) mass is 384 g/mol. The van der Waals surface area contributed by atoms with Crippen LogP contribution in [0.3, 0.4) is 0 Å². The van der Waals surface area contributed by atoms with Crippen LogP contribution in [0.2, 0.25) is 5.02 Å². The molecule has 2 aromatic carbocycles. The average Bonchev–Trinajstić information content (AvgIpc) is 3.06. The van der Waals surface area contributed by atoms with E-state index in [1.54, 1.807) is 7.11 Å². The molecule has 142 valence electrons. The molecule has 1 aromatic heterocycles. The van der Waals surface area contributed by atoms with Crippen LogP contribution in [0.5, 0.6) is 0 Å². The predicted molar refractivity (Wildman–Crippen MR) is 110 cm³/mol. The van der Waals surface area contributed by atoms with Crippen molar-refractivity contribution in [2.75, 3.05) is 20.3 Å². The summed E-state index contributed by atoms with van der Waals surface area (Å²) in [5.74, 6) is -0.0251. The largest absolute Gasteiger partial charge is 0.383 e. The number of fused-ring (bicyclic) bond motifs is 1. The van der Waals surface area contributed by atoms with Crippen LogP contribution in [-0.4, -0.2) is 30.7 Å². The number of nitrogens with zero attached hydrogens (tertiary/aromatic N) is 1. The number of para-hydroxylation sites is 1. The first kappa shape index (κ1) is 19.5. The number of aromatic nitrogens is 1. The Bertz CT molecular complexity index is 902. The fraction of sp³-hybridized carbons (Fsp3) is 0.318. The molecule has 1 N–H and O–H groups in total. The molecule has 0 radical (unpaired) electrons. The lowest BCUT2D eigenvalue weighted by Crippen LogP contribution is -2.28. The molecule has 3 aromatic rings. The van der Waals surface area contributed by atoms with Crippen molar-refractivity contribution in [3.05, 3.63) is 70.9 Å². The third-order valence-corrected chi connectivity index (χ3v) is 5.08. The molecule has 4 nitrogen and oxygen atoms in total. The van der Waals surface area contributed by atoms with E-state index >= 15 is 0 Å². The summed E-state index contributed by atoms with van der Waals surface area (Å²) >= 11 is 6.08. The van der Waals surface area contributed by atoms with Gasteiger partial charge in [0.1, 0.15) is 0 Å². The fourth-order valence-electron chi connectivity index (χ4n) is 3.47. The van der Waals surface area contributed by atoms with Crippen molar-refractivity contribution < 1.29 is 9.53 Å². The van der Waals surface area contributed by atoms with Crippen molar-refractivity contribution in [2.24, 2.45) is 0 Å². The minimum absolute atomic E-state index is 0.0142. The molecule has 0 fully saturated rings. The SMILES string of the molecule is CCn1cc(C(CC(=O)NCCOC)c2ccc(Cl)cc2)c2ccccc21. The number of carbonyl (C=O) groups excluding carboxylic acids is 1. The number of halogens is 1. The second kappa shape index (κ2) is 9.07. The number of hydrogen-bond donors (Lipinski definition) is 1. The number of ether oxygens (including phenoxy) is 1. The van der Waals surface area contributed by atoms with E-state index in [0.29, 0.717) is 24.6 Å². The lowest BCUT2D eigenvalue weighted by Gasteiger charge is -2.17. The van der Waals surface area contributed by atoms with Crippen LogP contribution in [-0.2, 0) is 16.1 Å².